The van der Waals surface area contributed by atoms with Crippen molar-refractivity contribution in [1.82, 2.24) is 0 Å². The molecular weight excluding hydrogens is 372 g/mol. The molecule has 28 heavy (non-hydrogen) atoms. The zero-order valence-corrected chi connectivity index (χ0v) is 15.8. The van der Waals surface area contributed by atoms with Gasteiger partial charge in [0.25, 0.3) is 15.9 Å². The summed E-state index contributed by atoms with van der Waals surface area (Å²) in [5.41, 5.74) is 2.98. The monoisotopic (exact) mass is 390 g/mol. The van der Waals surface area contributed by atoms with Crippen molar-refractivity contribution < 1.29 is 13.2 Å². The number of amides is 1. The van der Waals surface area contributed by atoms with Gasteiger partial charge in [-0.1, -0.05) is 42.5 Å². The molecule has 1 amide bonds. The Morgan fingerprint density at radius 2 is 1.68 bits per heavy atom. The van der Waals surface area contributed by atoms with Crippen LogP contribution in [0.4, 0.5) is 11.4 Å². The standard InChI is InChI=1S/C22H18N2O3S/c1-2-14-24-20-13-12-16(22(25)23-17-8-4-3-5-9-17)15-19(20)18-10-6-7-11-21(18)28(24,26)27/h2-13,15H,1,14H2,(H,23,25). The summed E-state index contributed by atoms with van der Waals surface area (Å²) in [6, 6.07) is 21.1. The van der Waals surface area contributed by atoms with E-state index in [4.69, 9.17) is 0 Å². The molecule has 6 heteroatoms. The van der Waals surface area contributed by atoms with Crippen molar-refractivity contribution in [3.63, 3.8) is 0 Å². The van der Waals surface area contributed by atoms with Crippen LogP contribution in [0, 0.1) is 0 Å². The van der Waals surface area contributed by atoms with Crippen LogP contribution in [-0.2, 0) is 10.0 Å². The Balaban J connectivity index is 1.82. The first-order valence-electron chi connectivity index (χ1n) is 8.76. The average Bonchev–Trinajstić information content (AvgIpc) is 2.71. The summed E-state index contributed by atoms with van der Waals surface area (Å²) in [5.74, 6) is -0.254. The minimum Gasteiger partial charge on any atom is -0.322 e. The molecule has 0 bridgehead atoms. The van der Waals surface area contributed by atoms with Gasteiger partial charge in [-0.15, -0.1) is 6.58 Å². The zero-order valence-electron chi connectivity index (χ0n) is 15.0. The quantitative estimate of drug-likeness (QED) is 0.676. The van der Waals surface area contributed by atoms with Crippen molar-refractivity contribution in [1.29, 1.82) is 0 Å². The minimum atomic E-state index is -3.68. The molecule has 0 spiro atoms. The van der Waals surface area contributed by atoms with Gasteiger partial charge in [-0.2, -0.15) is 0 Å². The number of fused-ring (bicyclic) bond motifs is 3. The number of rotatable bonds is 4. The molecule has 140 valence electrons. The third-order valence-corrected chi connectivity index (χ3v) is 6.44. The van der Waals surface area contributed by atoms with Crippen molar-refractivity contribution >= 4 is 27.3 Å². The summed E-state index contributed by atoms with van der Waals surface area (Å²) in [7, 11) is -3.68. The fourth-order valence-electron chi connectivity index (χ4n) is 3.31. The summed E-state index contributed by atoms with van der Waals surface area (Å²) in [6.45, 7) is 3.82. The topological polar surface area (TPSA) is 66.5 Å². The number of carbonyl (C=O) groups is 1. The van der Waals surface area contributed by atoms with Gasteiger partial charge in [-0.25, -0.2) is 8.42 Å². The molecule has 0 aromatic heterocycles. The van der Waals surface area contributed by atoms with Crippen LogP contribution in [0.3, 0.4) is 0 Å². The van der Waals surface area contributed by atoms with Gasteiger partial charge in [-0.3, -0.25) is 9.10 Å². The highest BCUT2D eigenvalue weighted by Crippen LogP contribution is 2.43. The summed E-state index contributed by atoms with van der Waals surface area (Å²) >= 11 is 0. The zero-order chi connectivity index (χ0) is 19.7. The summed E-state index contributed by atoms with van der Waals surface area (Å²) in [5, 5.41) is 2.85. The lowest BCUT2D eigenvalue weighted by molar-refractivity contribution is 0.102. The highest BCUT2D eigenvalue weighted by molar-refractivity contribution is 7.93. The molecule has 0 atom stereocenters. The van der Waals surface area contributed by atoms with E-state index in [1.165, 1.54) is 4.31 Å². The summed E-state index contributed by atoms with van der Waals surface area (Å²) < 4.78 is 27.3. The van der Waals surface area contributed by atoms with Gasteiger partial charge in [-0.05, 0) is 36.4 Å². The van der Waals surface area contributed by atoms with E-state index in [0.717, 1.165) is 0 Å². The van der Waals surface area contributed by atoms with Crippen LogP contribution in [0.25, 0.3) is 11.1 Å². The van der Waals surface area contributed by atoms with E-state index < -0.39 is 10.0 Å². The van der Waals surface area contributed by atoms with Crippen LogP contribution in [0.1, 0.15) is 10.4 Å². The molecule has 0 fully saturated rings. The molecule has 0 radical (unpaired) electrons. The lowest BCUT2D eigenvalue weighted by atomic mass is 10.00. The second-order valence-corrected chi connectivity index (χ2v) is 8.20. The van der Waals surface area contributed by atoms with E-state index >= 15 is 0 Å². The molecule has 3 aromatic rings. The van der Waals surface area contributed by atoms with Crippen molar-refractivity contribution in [3.05, 3.63) is 91.0 Å². The smallest absolute Gasteiger partial charge is 0.265 e. The lowest BCUT2D eigenvalue weighted by Crippen LogP contribution is -2.34. The Bertz CT molecular complexity index is 1170. The van der Waals surface area contributed by atoms with Crippen molar-refractivity contribution in [3.8, 4) is 11.1 Å². The molecular formula is C22H18N2O3S. The number of para-hydroxylation sites is 1. The number of hydrogen-bond acceptors (Lipinski definition) is 3. The maximum Gasteiger partial charge on any atom is 0.265 e. The maximum atomic E-state index is 13.0. The third-order valence-electron chi connectivity index (χ3n) is 4.60. The molecule has 1 aliphatic rings. The average molecular weight is 390 g/mol. The molecule has 1 N–H and O–H groups in total. The van der Waals surface area contributed by atoms with E-state index in [9.17, 15) is 13.2 Å². The van der Waals surface area contributed by atoms with Gasteiger partial charge in [0.1, 0.15) is 0 Å². The highest BCUT2D eigenvalue weighted by atomic mass is 32.2. The number of anilines is 2. The van der Waals surface area contributed by atoms with E-state index in [2.05, 4.69) is 11.9 Å². The number of benzene rings is 3. The van der Waals surface area contributed by atoms with Crippen LogP contribution in [0.2, 0.25) is 0 Å². The third kappa shape index (κ3) is 2.97. The van der Waals surface area contributed by atoms with Crippen LogP contribution in [0.15, 0.2) is 90.3 Å². The van der Waals surface area contributed by atoms with Gasteiger partial charge >= 0.3 is 0 Å². The van der Waals surface area contributed by atoms with E-state index in [-0.39, 0.29) is 17.3 Å². The SMILES string of the molecule is C=CCN1c2ccc(C(=O)Nc3ccccc3)cc2-c2ccccc2S1(=O)=O. The Kier molecular flexibility index (Phi) is 4.49. The molecule has 3 aromatic carbocycles. The van der Waals surface area contributed by atoms with Gasteiger partial charge in [0.15, 0.2) is 0 Å². The van der Waals surface area contributed by atoms with Gasteiger partial charge in [0.05, 0.1) is 17.1 Å². The highest BCUT2D eigenvalue weighted by Gasteiger charge is 2.34. The van der Waals surface area contributed by atoms with Crippen LogP contribution in [-0.4, -0.2) is 20.9 Å². The number of nitrogens with one attached hydrogen (secondary N) is 1. The number of hydrogen-bond donors (Lipinski definition) is 1. The van der Waals surface area contributed by atoms with Gasteiger partial charge < -0.3 is 5.32 Å². The molecule has 4 rings (SSSR count). The largest absolute Gasteiger partial charge is 0.322 e. The molecule has 1 aliphatic heterocycles. The Hall–Kier alpha value is -3.38. The number of nitrogens with zero attached hydrogens (tertiary/aromatic N) is 1. The van der Waals surface area contributed by atoms with Crippen LogP contribution < -0.4 is 9.62 Å². The van der Waals surface area contributed by atoms with Crippen LogP contribution in [0.5, 0.6) is 0 Å². The van der Waals surface area contributed by atoms with Gasteiger partial charge in [0.2, 0.25) is 0 Å². The number of sulfonamides is 1. The molecule has 1 heterocycles. The summed E-state index contributed by atoms with van der Waals surface area (Å²) in [6.07, 6.45) is 1.55. The maximum absolute atomic E-state index is 13.0. The fourth-order valence-corrected chi connectivity index (χ4v) is 4.97. The molecule has 0 saturated carbocycles. The summed E-state index contributed by atoms with van der Waals surface area (Å²) in [4.78, 5) is 12.9. The first-order valence-corrected chi connectivity index (χ1v) is 10.2. The molecule has 0 saturated heterocycles. The fraction of sp³-hybridized carbons (Fsp3) is 0.0455. The van der Waals surface area contributed by atoms with Crippen molar-refractivity contribution in [2.24, 2.45) is 0 Å². The Morgan fingerprint density at radius 1 is 0.964 bits per heavy atom. The first-order chi connectivity index (χ1) is 13.5. The Labute approximate surface area is 164 Å². The van der Waals surface area contributed by atoms with Crippen molar-refractivity contribution in [2.45, 2.75) is 4.90 Å². The minimum absolute atomic E-state index is 0.152. The van der Waals surface area contributed by atoms with Gasteiger partial charge in [0, 0.05) is 22.4 Å². The van der Waals surface area contributed by atoms with E-state index in [1.807, 2.05) is 30.3 Å². The van der Waals surface area contributed by atoms with E-state index in [0.29, 0.717) is 28.1 Å². The lowest BCUT2D eigenvalue weighted by Gasteiger charge is -2.31. The first kappa shape index (κ1) is 18.0. The second-order valence-electron chi connectivity index (χ2n) is 6.37. The number of carbonyl (C=O) groups excluding carboxylic acids is 1. The second kappa shape index (κ2) is 6.98. The van der Waals surface area contributed by atoms with Crippen molar-refractivity contribution in [2.75, 3.05) is 16.2 Å². The normalized spacial score (nSPS) is 13.9. The molecule has 5 nitrogen and oxygen atoms in total. The molecule has 0 unspecified atom stereocenters. The predicted molar refractivity (Wildman–Crippen MR) is 111 cm³/mol. The van der Waals surface area contributed by atoms with E-state index in [1.54, 1.807) is 48.5 Å². The molecule has 0 aliphatic carbocycles. The Morgan fingerprint density at radius 3 is 2.43 bits per heavy atom. The predicted octanol–water partition coefficient (Wildman–Crippen LogP) is 4.30. The van der Waals surface area contributed by atoms with Crippen LogP contribution >= 0.6 is 0 Å².